The molecule has 98 valence electrons. The predicted molar refractivity (Wildman–Crippen MR) is 72.9 cm³/mol. The number of aryl methyl sites for hydroxylation is 1. The fraction of sp³-hybridized carbons (Fsp3) is 0.167. The summed E-state index contributed by atoms with van der Waals surface area (Å²) >= 11 is 1.46. The van der Waals surface area contributed by atoms with E-state index >= 15 is 0 Å². The van der Waals surface area contributed by atoms with Gasteiger partial charge in [-0.2, -0.15) is 9.78 Å². The molecule has 0 aliphatic carbocycles. The van der Waals surface area contributed by atoms with Crippen molar-refractivity contribution in [2.75, 3.05) is 6.26 Å². The van der Waals surface area contributed by atoms with E-state index in [1.807, 2.05) is 13.2 Å². The largest absolute Gasteiger partial charge is 0.478 e. The Balaban J connectivity index is 2.22. The minimum atomic E-state index is -0.942. The number of hydrogen-bond acceptors (Lipinski definition) is 5. The summed E-state index contributed by atoms with van der Waals surface area (Å²) in [4.78, 5) is 10.7. The maximum atomic E-state index is 10.7. The number of carboxylic acids is 1. The molecule has 1 aromatic heterocycles. The van der Waals surface area contributed by atoms with Crippen LogP contribution in [0.4, 0.5) is 0 Å². The van der Waals surface area contributed by atoms with E-state index in [2.05, 4.69) is 15.3 Å². The van der Waals surface area contributed by atoms with Gasteiger partial charge in [0.05, 0.1) is 11.8 Å². The summed E-state index contributed by atoms with van der Waals surface area (Å²) in [6, 6.07) is 6.48. The lowest BCUT2D eigenvalue weighted by Crippen LogP contribution is -1.97. The summed E-state index contributed by atoms with van der Waals surface area (Å²) < 4.78 is 1.63. The molecule has 0 saturated carbocycles. The minimum absolute atomic E-state index is 0.252. The van der Waals surface area contributed by atoms with Gasteiger partial charge in [0.15, 0.2) is 5.82 Å². The zero-order chi connectivity index (χ0) is 13.8. The van der Waals surface area contributed by atoms with Gasteiger partial charge >= 0.3 is 5.97 Å². The maximum absolute atomic E-state index is 10.7. The van der Waals surface area contributed by atoms with Gasteiger partial charge in [0.2, 0.25) is 5.16 Å². The second-order valence-corrected chi connectivity index (χ2v) is 4.49. The fourth-order valence-corrected chi connectivity index (χ4v) is 1.91. The average molecular weight is 276 g/mol. The van der Waals surface area contributed by atoms with Crippen LogP contribution in [0.3, 0.4) is 0 Å². The van der Waals surface area contributed by atoms with Crippen LogP contribution in [0.5, 0.6) is 0 Å². The lowest BCUT2D eigenvalue weighted by atomic mass is 10.1. The Morgan fingerprint density at radius 2 is 2.05 bits per heavy atom. The van der Waals surface area contributed by atoms with Crippen molar-refractivity contribution in [1.29, 1.82) is 0 Å². The molecule has 0 unspecified atom stereocenters. The molecule has 6 nitrogen and oxygen atoms in total. The van der Waals surface area contributed by atoms with E-state index in [0.29, 0.717) is 11.0 Å². The lowest BCUT2D eigenvalue weighted by Gasteiger charge is -1.99. The van der Waals surface area contributed by atoms with Crippen molar-refractivity contribution in [3.63, 3.8) is 0 Å². The predicted octanol–water partition coefficient (Wildman–Crippen LogP) is 1.89. The number of nitrogens with zero attached hydrogens (tertiary/aromatic N) is 4. The molecule has 0 spiro atoms. The zero-order valence-electron chi connectivity index (χ0n) is 10.4. The molecule has 1 aromatic carbocycles. The number of aromatic nitrogens is 3. The molecule has 1 heterocycles. The first-order valence-electron chi connectivity index (χ1n) is 5.45. The van der Waals surface area contributed by atoms with Crippen LogP contribution in [-0.4, -0.2) is 38.4 Å². The normalized spacial score (nSPS) is 11.1. The second kappa shape index (κ2) is 5.66. The summed E-state index contributed by atoms with van der Waals surface area (Å²) in [7, 11) is 0. The maximum Gasteiger partial charge on any atom is 0.335 e. The number of thioether (sulfide) groups is 1. The summed E-state index contributed by atoms with van der Waals surface area (Å²) in [5.74, 6) is -0.245. The summed E-state index contributed by atoms with van der Waals surface area (Å²) in [5, 5.41) is 21.7. The van der Waals surface area contributed by atoms with Crippen LogP contribution in [0.1, 0.15) is 21.7 Å². The quantitative estimate of drug-likeness (QED) is 0.681. The first kappa shape index (κ1) is 13.3. The zero-order valence-corrected chi connectivity index (χ0v) is 11.3. The fourth-order valence-electron chi connectivity index (χ4n) is 1.43. The number of carbonyl (C=O) groups is 1. The van der Waals surface area contributed by atoms with Gasteiger partial charge in [0.25, 0.3) is 0 Å². The van der Waals surface area contributed by atoms with Gasteiger partial charge in [-0.3, -0.25) is 0 Å². The Hall–Kier alpha value is -2.15. The standard InChI is InChI=1S/C12H12N4O2S/c1-8-14-15-12(19-2)16(8)13-7-9-3-5-10(6-4-9)11(17)18/h3-7H,1-2H3,(H,17,18)/b13-7-. The van der Waals surface area contributed by atoms with E-state index < -0.39 is 5.97 Å². The van der Waals surface area contributed by atoms with Gasteiger partial charge in [-0.15, -0.1) is 10.2 Å². The van der Waals surface area contributed by atoms with Gasteiger partial charge in [-0.1, -0.05) is 23.9 Å². The highest BCUT2D eigenvalue weighted by Gasteiger charge is 2.05. The molecule has 0 fully saturated rings. The number of benzene rings is 1. The van der Waals surface area contributed by atoms with Gasteiger partial charge in [0.1, 0.15) is 0 Å². The number of aromatic carboxylic acids is 1. The SMILES string of the molecule is CSc1nnc(C)n1/N=C\c1ccc(C(=O)O)cc1. The Labute approximate surface area is 114 Å². The molecule has 0 aliphatic rings. The number of hydrogen-bond donors (Lipinski definition) is 1. The molecule has 7 heteroatoms. The van der Waals surface area contributed by atoms with Gasteiger partial charge in [-0.25, -0.2) is 4.79 Å². The molecule has 2 rings (SSSR count). The van der Waals surface area contributed by atoms with Crippen LogP contribution < -0.4 is 0 Å². The first-order chi connectivity index (χ1) is 9.11. The number of rotatable bonds is 4. The van der Waals surface area contributed by atoms with Gasteiger partial charge in [-0.05, 0) is 30.9 Å². The molecule has 2 aromatic rings. The van der Waals surface area contributed by atoms with Crippen LogP contribution >= 0.6 is 11.8 Å². The monoisotopic (exact) mass is 276 g/mol. The first-order valence-corrected chi connectivity index (χ1v) is 6.68. The van der Waals surface area contributed by atoms with Crippen LogP contribution in [0.2, 0.25) is 0 Å². The molecule has 0 amide bonds. The minimum Gasteiger partial charge on any atom is -0.478 e. The van der Waals surface area contributed by atoms with Crippen LogP contribution in [0.25, 0.3) is 0 Å². The average Bonchev–Trinajstić information content (AvgIpc) is 2.77. The Morgan fingerprint density at radius 3 is 2.63 bits per heavy atom. The Morgan fingerprint density at radius 1 is 1.37 bits per heavy atom. The molecular formula is C12H12N4O2S. The molecule has 0 bridgehead atoms. The highest BCUT2D eigenvalue weighted by atomic mass is 32.2. The van der Waals surface area contributed by atoms with E-state index in [1.165, 1.54) is 23.9 Å². The van der Waals surface area contributed by atoms with E-state index in [-0.39, 0.29) is 5.56 Å². The van der Waals surface area contributed by atoms with Gasteiger partial charge < -0.3 is 5.11 Å². The van der Waals surface area contributed by atoms with E-state index in [1.54, 1.807) is 23.0 Å². The molecule has 0 aliphatic heterocycles. The summed E-state index contributed by atoms with van der Waals surface area (Å²) in [5.41, 5.74) is 1.06. The van der Waals surface area contributed by atoms with Crippen molar-refractivity contribution < 1.29 is 9.90 Å². The smallest absolute Gasteiger partial charge is 0.335 e. The summed E-state index contributed by atoms with van der Waals surface area (Å²) in [6.45, 7) is 1.82. The Kier molecular flexibility index (Phi) is 3.96. The van der Waals surface area contributed by atoms with Crippen molar-refractivity contribution >= 4 is 23.9 Å². The van der Waals surface area contributed by atoms with Crippen LogP contribution in [0.15, 0.2) is 34.5 Å². The van der Waals surface area contributed by atoms with Crippen molar-refractivity contribution in [3.05, 3.63) is 41.2 Å². The second-order valence-electron chi connectivity index (χ2n) is 3.72. The number of carboxylic acid groups (broad SMARTS) is 1. The molecule has 19 heavy (non-hydrogen) atoms. The van der Waals surface area contributed by atoms with Crippen LogP contribution in [-0.2, 0) is 0 Å². The van der Waals surface area contributed by atoms with Crippen molar-refractivity contribution in [2.45, 2.75) is 12.1 Å². The van der Waals surface area contributed by atoms with Crippen molar-refractivity contribution in [1.82, 2.24) is 14.9 Å². The molecule has 0 radical (unpaired) electrons. The van der Waals surface area contributed by atoms with Gasteiger partial charge in [0, 0.05) is 0 Å². The highest BCUT2D eigenvalue weighted by Crippen LogP contribution is 2.12. The third kappa shape index (κ3) is 3.00. The highest BCUT2D eigenvalue weighted by molar-refractivity contribution is 7.98. The molecule has 0 atom stereocenters. The Bertz CT molecular complexity index is 619. The summed E-state index contributed by atoms with van der Waals surface area (Å²) in [6.07, 6.45) is 3.54. The van der Waals surface area contributed by atoms with E-state index in [4.69, 9.17) is 5.11 Å². The van der Waals surface area contributed by atoms with Crippen molar-refractivity contribution in [2.24, 2.45) is 5.10 Å². The van der Waals surface area contributed by atoms with E-state index in [0.717, 1.165) is 5.56 Å². The van der Waals surface area contributed by atoms with Crippen molar-refractivity contribution in [3.8, 4) is 0 Å². The molecular weight excluding hydrogens is 264 g/mol. The third-order valence-electron chi connectivity index (χ3n) is 2.43. The topological polar surface area (TPSA) is 80.4 Å². The molecule has 1 N–H and O–H groups in total. The lowest BCUT2D eigenvalue weighted by molar-refractivity contribution is 0.0697. The third-order valence-corrected chi connectivity index (χ3v) is 3.05. The van der Waals surface area contributed by atoms with Crippen LogP contribution in [0, 0.1) is 6.92 Å². The molecule has 0 saturated heterocycles. The van der Waals surface area contributed by atoms with E-state index in [9.17, 15) is 4.79 Å².